The van der Waals surface area contributed by atoms with Crippen molar-refractivity contribution < 1.29 is 9.47 Å². The fourth-order valence-corrected chi connectivity index (χ4v) is 3.59. The van der Waals surface area contributed by atoms with Gasteiger partial charge in [0.15, 0.2) is 0 Å². The Hall–Kier alpha value is -1.06. The Morgan fingerprint density at radius 3 is 3.00 bits per heavy atom. The average molecular weight is 289 g/mol. The van der Waals surface area contributed by atoms with Crippen molar-refractivity contribution in [3.63, 3.8) is 0 Å². The molecule has 1 aromatic carbocycles. The van der Waals surface area contributed by atoms with E-state index < -0.39 is 0 Å². The Morgan fingerprint density at radius 2 is 2.19 bits per heavy atom. The maximum absolute atomic E-state index is 5.79. The molecule has 2 aliphatic rings. The van der Waals surface area contributed by atoms with Gasteiger partial charge < -0.3 is 14.8 Å². The van der Waals surface area contributed by atoms with Gasteiger partial charge in [0.2, 0.25) is 0 Å². The van der Waals surface area contributed by atoms with Crippen molar-refractivity contribution in [1.29, 1.82) is 0 Å². The first-order valence-electron chi connectivity index (χ1n) is 8.42. The molecule has 0 aliphatic carbocycles. The zero-order valence-corrected chi connectivity index (χ0v) is 13.2. The van der Waals surface area contributed by atoms with Crippen LogP contribution in [0.15, 0.2) is 18.2 Å². The van der Waals surface area contributed by atoms with Crippen molar-refractivity contribution >= 4 is 0 Å². The van der Waals surface area contributed by atoms with Crippen molar-refractivity contribution in [2.24, 2.45) is 5.92 Å². The molecule has 0 amide bonds. The lowest BCUT2D eigenvalue weighted by Crippen LogP contribution is -2.31. The highest BCUT2D eigenvalue weighted by atomic mass is 16.5. The van der Waals surface area contributed by atoms with Gasteiger partial charge in [0.25, 0.3) is 0 Å². The Morgan fingerprint density at radius 1 is 1.29 bits per heavy atom. The summed E-state index contributed by atoms with van der Waals surface area (Å²) in [5.41, 5.74) is 2.76. The minimum Gasteiger partial charge on any atom is -0.493 e. The Kier molecular flexibility index (Phi) is 4.81. The summed E-state index contributed by atoms with van der Waals surface area (Å²) >= 11 is 0. The summed E-state index contributed by atoms with van der Waals surface area (Å²) in [4.78, 5) is 0. The molecule has 3 atom stereocenters. The van der Waals surface area contributed by atoms with Gasteiger partial charge in [-0.05, 0) is 42.4 Å². The lowest BCUT2D eigenvalue weighted by molar-refractivity contribution is 0.0865. The van der Waals surface area contributed by atoms with Gasteiger partial charge in [0.1, 0.15) is 5.75 Å². The normalized spacial score (nSPS) is 25.6. The predicted octanol–water partition coefficient (Wildman–Crippen LogP) is 3.48. The summed E-state index contributed by atoms with van der Waals surface area (Å²) in [6, 6.07) is 7.11. The second-order valence-electron chi connectivity index (χ2n) is 6.20. The summed E-state index contributed by atoms with van der Waals surface area (Å²) in [5, 5.41) is 3.76. The minimum atomic E-state index is 0.439. The number of ether oxygens (including phenoxy) is 2. The van der Waals surface area contributed by atoms with Gasteiger partial charge >= 0.3 is 0 Å². The van der Waals surface area contributed by atoms with Crippen LogP contribution in [0.2, 0.25) is 0 Å². The van der Waals surface area contributed by atoms with Gasteiger partial charge in [-0.1, -0.05) is 26.0 Å². The first-order chi connectivity index (χ1) is 10.3. The zero-order chi connectivity index (χ0) is 14.7. The Balaban J connectivity index is 1.62. The highest BCUT2D eigenvalue weighted by Gasteiger charge is 2.27. The first kappa shape index (κ1) is 14.9. The van der Waals surface area contributed by atoms with Crippen LogP contribution in [-0.4, -0.2) is 25.9 Å². The second-order valence-corrected chi connectivity index (χ2v) is 6.20. The molecule has 1 saturated heterocycles. The van der Waals surface area contributed by atoms with Crippen LogP contribution in [0.1, 0.15) is 50.3 Å². The van der Waals surface area contributed by atoms with Gasteiger partial charge in [-0.3, -0.25) is 0 Å². The van der Waals surface area contributed by atoms with Crippen LogP contribution in [0, 0.1) is 5.92 Å². The van der Waals surface area contributed by atoms with Crippen LogP contribution >= 0.6 is 0 Å². The summed E-state index contributed by atoms with van der Waals surface area (Å²) in [7, 11) is 0. The molecule has 2 heterocycles. The SMILES string of the molecule is CCC(NCC1CCOC1CC)c1ccc2c(c1)CCO2. The van der Waals surface area contributed by atoms with Gasteiger partial charge in [0.05, 0.1) is 12.7 Å². The van der Waals surface area contributed by atoms with E-state index in [1.165, 1.54) is 17.5 Å². The topological polar surface area (TPSA) is 30.5 Å². The quantitative estimate of drug-likeness (QED) is 0.869. The average Bonchev–Trinajstić information content (AvgIpc) is 3.15. The molecule has 1 aromatic rings. The maximum atomic E-state index is 5.79. The van der Waals surface area contributed by atoms with E-state index >= 15 is 0 Å². The Bertz CT molecular complexity index is 474. The molecule has 0 saturated carbocycles. The molecule has 1 N–H and O–H groups in total. The molecule has 3 unspecified atom stereocenters. The lowest BCUT2D eigenvalue weighted by Gasteiger charge is -2.23. The molecule has 3 nitrogen and oxygen atoms in total. The number of benzene rings is 1. The minimum absolute atomic E-state index is 0.439. The van der Waals surface area contributed by atoms with Gasteiger partial charge in [0, 0.05) is 25.6 Å². The largest absolute Gasteiger partial charge is 0.493 e. The Labute approximate surface area is 128 Å². The first-order valence-corrected chi connectivity index (χ1v) is 8.42. The second kappa shape index (κ2) is 6.80. The number of fused-ring (bicyclic) bond motifs is 1. The van der Waals surface area contributed by atoms with Gasteiger partial charge in [-0.15, -0.1) is 0 Å². The standard InChI is InChI=1S/C18H27NO2/c1-3-16(19-12-15-8-10-20-17(15)4-2)13-5-6-18-14(11-13)7-9-21-18/h5-6,11,15-17,19H,3-4,7-10,12H2,1-2H3. The highest BCUT2D eigenvalue weighted by Crippen LogP contribution is 2.30. The van der Waals surface area contributed by atoms with Crippen LogP contribution < -0.4 is 10.1 Å². The highest BCUT2D eigenvalue weighted by molar-refractivity contribution is 5.40. The smallest absolute Gasteiger partial charge is 0.122 e. The van der Waals surface area contributed by atoms with Crippen molar-refractivity contribution in [2.75, 3.05) is 19.8 Å². The summed E-state index contributed by atoms with van der Waals surface area (Å²) in [6.45, 7) is 7.30. The van der Waals surface area contributed by atoms with Gasteiger partial charge in [-0.2, -0.15) is 0 Å². The van der Waals surface area contributed by atoms with Gasteiger partial charge in [-0.25, -0.2) is 0 Å². The van der Waals surface area contributed by atoms with Crippen molar-refractivity contribution in [3.8, 4) is 5.75 Å². The molecule has 21 heavy (non-hydrogen) atoms. The van der Waals surface area contributed by atoms with E-state index in [4.69, 9.17) is 9.47 Å². The molecule has 3 rings (SSSR count). The van der Waals surface area contributed by atoms with E-state index in [1.54, 1.807) is 0 Å². The van der Waals surface area contributed by atoms with Crippen LogP contribution in [0.5, 0.6) is 5.75 Å². The molecule has 0 spiro atoms. The van der Waals surface area contributed by atoms with Crippen molar-refractivity contribution in [1.82, 2.24) is 5.32 Å². The van der Waals surface area contributed by atoms with Crippen molar-refractivity contribution in [3.05, 3.63) is 29.3 Å². The molecule has 2 aliphatic heterocycles. The fourth-order valence-electron chi connectivity index (χ4n) is 3.59. The third kappa shape index (κ3) is 3.24. The molecule has 1 fully saturated rings. The predicted molar refractivity (Wildman–Crippen MR) is 84.8 cm³/mol. The molecule has 116 valence electrons. The maximum Gasteiger partial charge on any atom is 0.122 e. The lowest BCUT2D eigenvalue weighted by atomic mass is 9.97. The van der Waals surface area contributed by atoms with E-state index in [9.17, 15) is 0 Å². The molecular weight excluding hydrogens is 262 g/mol. The molecular formula is C18H27NO2. The van der Waals surface area contributed by atoms with Crippen LogP contribution in [0.3, 0.4) is 0 Å². The van der Waals surface area contributed by atoms with E-state index in [0.717, 1.165) is 44.8 Å². The molecule has 0 aromatic heterocycles. The van der Waals surface area contributed by atoms with E-state index in [-0.39, 0.29) is 0 Å². The van der Waals surface area contributed by atoms with Crippen LogP contribution in [0.4, 0.5) is 0 Å². The third-order valence-electron chi connectivity index (χ3n) is 4.90. The number of hydrogen-bond acceptors (Lipinski definition) is 3. The fraction of sp³-hybridized carbons (Fsp3) is 0.667. The summed E-state index contributed by atoms with van der Waals surface area (Å²) in [5.74, 6) is 1.74. The monoisotopic (exact) mass is 289 g/mol. The summed E-state index contributed by atoms with van der Waals surface area (Å²) in [6.07, 6.45) is 4.93. The zero-order valence-electron chi connectivity index (χ0n) is 13.2. The van der Waals surface area contributed by atoms with E-state index in [1.807, 2.05) is 0 Å². The van der Waals surface area contributed by atoms with Crippen LogP contribution in [-0.2, 0) is 11.2 Å². The number of rotatable bonds is 6. The molecule has 3 heteroatoms. The number of hydrogen-bond donors (Lipinski definition) is 1. The van der Waals surface area contributed by atoms with E-state index in [2.05, 4.69) is 37.4 Å². The third-order valence-corrected chi connectivity index (χ3v) is 4.90. The number of nitrogens with one attached hydrogen (secondary N) is 1. The van der Waals surface area contributed by atoms with Crippen LogP contribution in [0.25, 0.3) is 0 Å². The van der Waals surface area contributed by atoms with E-state index in [0.29, 0.717) is 18.1 Å². The van der Waals surface area contributed by atoms with Crippen molar-refractivity contribution in [2.45, 2.75) is 51.7 Å². The molecule has 0 radical (unpaired) electrons. The summed E-state index contributed by atoms with van der Waals surface area (Å²) < 4.78 is 11.4. The molecule has 0 bridgehead atoms.